The Balaban J connectivity index is 2.07. The monoisotopic (exact) mass is 484 g/mol. The average molecular weight is 484 g/mol. The van der Waals surface area contributed by atoms with Gasteiger partial charge in [-0.3, -0.25) is 4.31 Å². The Morgan fingerprint density at radius 3 is 2.62 bits per heavy atom. The summed E-state index contributed by atoms with van der Waals surface area (Å²) in [6.07, 6.45) is 4.72. The van der Waals surface area contributed by atoms with Crippen molar-refractivity contribution in [3.05, 3.63) is 57.2 Å². The second-order valence-corrected chi connectivity index (χ2v) is 9.84. The smallest absolute Gasteiger partial charge is 0.264 e. The van der Waals surface area contributed by atoms with E-state index in [9.17, 15) is 8.42 Å². The van der Waals surface area contributed by atoms with Gasteiger partial charge in [-0.2, -0.15) is 0 Å². The van der Waals surface area contributed by atoms with Crippen molar-refractivity contribution in [3.63, 3.8) is 0 Å². The molecule has 0 bridgehead atoms. The first kappa shape index (κ1) is 19.6. The summed E-state index contributed by atoms with van der Waals surface area (Å²) < 4.78 is 28.7. The molecule has 0 saturated heterocycles. The second-order valence-electron chi connectivity index (χ2n) is 6.66. The Labute approximate surface area is 170 Å². The average Bonchev–Trinajstić information content (AvgIpc) is 2.70. The minimum Gasteiger partial charge on any atom is -0.306 e. The zero-order valence-corrected chi connectivity index (χ0v) is 18.2. The molecule has 0 radical (unpaired) electrons. The van der Waals surface area contributed by atoms with Crippen molar-refractivity contribution in [2.75, 3.05) is 17.9 Å². The number of nitrogens with zero attached hydrogens (tertiary/aromatic N) is 1. The summed E-state index contributed by atoms with van der Waals surface area (Å²) in [6, 6.07) is 13.4. The van der Waals surface area contributed by atoms with E-state index < -0.39 is 10.0 Å². The summed E-state index contributed by atoms with van der Waals surface area (Å²) in [5, 5.41) is 3.62. The standard InChI is InChI=1S/C20H25IN2O2S/c1-3-4-5-8-13-22-20-16-9-6-7-10-18(16)23(2)26(24,25)19-14-15(21)11-12-17(19)20/h6-7,9-12,14,20,22H,3-5,8,13H2,1-2H3. The van der Waals surface area contributed by atoms with Crippen LogP contribution in [0.5, 0.6) is 0 Å². The number of benzene rings is 2. The van der Waals surface area contributed by atoms with Crippen molar-refractivity contribution in [1.82, 2.24) is 5.32 Å². The number of halogens is 1. The lowest BCUT2D eigenvalue weighted by Crippen LogP contribution is -2.26. The minimum atomic E-state index is -3.58. The van der Waals surface area contributed by atoms with E-state index in [4.69, 9.17) is 0 Å². The molecule has 0 amide bonds. The lowest BCUT2D eigenvalue weighted by molar-refractivity contribution is 0.550. The molecule has 1 aliphatic rings. The number of hydrogen-bond acceptors (Lipinski definition) is 3. The van der Waals surface area contributed by atoms with Gasteiger partial charge in [-0.15, -0.1) is 0 Å². The van der Waals surface area contributed by atoms with Crippen LogP contribution >= 0.6 is 22.6 Å². The topological polar surface area (TPSA) is 49.4 Å². The van der Waals surface area contributed by atoms with Gasteiger partial charge < -0.3 is 5.32 Å². The number of anilines is 1. The molecule has 3 rings (SSSR count). The van der Waals surface area contributed by atoms with Gasteiger partial charge >= 0.3 is 0 Å². The molecule has 2 aromatic rings. The van der Waals surface area contributed by atoms with Crippen LogP contribution in [-0.4, -0.2) is 22.0 Å². The maximum atomic E-state index is 13.2. The van der Waals surface area contributed by atoms with Crippen LogP contribution in [0.3, 0.4) is 0 Å². The minimum absolute atomic E-state index is 0.125. The van der Waals surface area contributed by atoms with Crippen LogP contribution in [0.15, 0.2) is 47.4 Å². The molecule has 0 aromatic heterocycles. The van der Waals surface area contributed by atoms with Crippen molar-refractivity contribution in [2.24, 2.45) is 0 Å². The number of para-hydroxylation sites is 1. The molecule has 26 heavy (non-hydrogen) atoms. The summed E-state index contributed by atoms with van der Waals surface area (Å²) in [5.41, 5.74) is 2.58. The highest BCUT2D eigenvalue weighted by molar-refractivity contribution is 14.1. The van der Waals surface area contributed by atoms with Crippen LogP contribution in [0.1, 0.15) is 49.8 Å². The van der Waals surface area contributed by atoms with Crippen LogP contribution in [0.2, 0.25) is 0 Å². The molecule has 0 fully saturated rings. The molecule has 2 aromatic carbocycles. The molecule has 1 atom stereocenters. The van der Waals surface area contributed by atoms with Crippen molar-refractivity contribution < 1.29 is 8.42 Å². The first-order valence-corrected chi connectivity index (χ1v) is 11.6. The molecule has 6 heteroatoms. The number of fused-ring (bicyclic) bond motifs is 2. The van der Waals surface area contributed by atoms with E-state index in [1.807, 2.05) is 36.4 Å². The van der Waals surface area contributed by atoms with E-state index in [1.165, 1.54) is 23.6 Å². The Morgan fingerprint density at radius 1 is 1.08 bits per heavy atom. The van der Waals surface area contributed by atoms with Gasteiger partial charge in [0, 0.05) is 10.6 Å². The third-order valence-corrected chi connectivity index (χ3v) is 7.39. The predicted molar refractivity (Wildman–Crippen MR) is 115 cm³/mol. The third-order valence-electron chi connectivity index (χ3n) is 4.89. The van der Waals surface area contributed by atoms with E-state index in [-0.39, 0.29) is 6.04 Å². The fourth-order valence-electron chi connectivity index (χ4n) is 3.45. The van der Waals surface area contributed by atoms with Gasteiger partial charge in [0.2, 0.25) is 0 Å². The summed E-state index contributed by atoms with van der Waals surface area (Å²) in [7, 11) is -1.94. The van der Waals surface area contributed by atoms with Crippen molar-refractivity contribution in [1.29, 1.82) is 0 Å². The van der Waals surface area contributed by atoms with E-state index in [1.54, 1.807) is 13.1 Å². The van der Waals surface area contributed by atoms with E-state index in [0.717, 1.165) is 33.4 Å². The van der Waals surface area contributed by atoms with E-state index in [0.29, 0.717) is 4.90 Å². The van der Waals surface area contributed by atoms with Crippen LogP contribution in [-0.2, 0) is 10.0 Å². The summed E-state index contributed by atoms with van der Waals surface area (Å²) >= 11 is 2.17. The normalized spacial score (nSPS) is 18.1. The van der Waals surface area contributed by atoms with Crippen LogP contribution in [0.4, 0.5) is 5.69 Å². The molecule has 0 aliphatic carbocycles. The first-order valence-electron chi connectivity index (χ1n) is 9.07. The summed E-state index contributed by atoms with van der Waals surface area (Å²) in [6.45, 7) is 3.07. The number of hydrogen-bond donors (Lipinski definition) is 1. The van der Waals surface area contributed by atoms with Gasteiger partial charge in [0.1, 0.15) is 0 Å². The van der Waals surface area contributed by atoms with Crippen molar-refractivity contribution in [3.8, 4) is 0 Å². The zero-order valence-electron chi connectivity index (χ0n) is 15.2. The van der Waals surface area contributed by atoms with Gasteiger partial charge in [-0.25, -0.2) is 8.42 Å². The van der Waals surface area contributed by atoms with Gasteiger partial charge in [-0.05, 0) is 64.9 Å². The first-order chi connectivity index (χ1) is 12.5. The van der Waals surface area contributed by atoms with Crippen molar-refractivity contribution in [2.45, 2.75) is 43.5 Å². The highest BCUT2D eigenvalue weighted by atomic mass is 127. The number of nitrogens with one attached hydrogen (secondary N) is 1. The molecule has 1 heterocycles. The van der Waals surface area contributed by atoms with Crippen LogP contribution < -0.4 is 9.62 Å². The zero-order chi connectivity index (χ0) is 18.7. The lowest BCUT2D eigenvalue weighted by atomic mass is 9.96. The fraction of sp³-hybridized carbons (Fsp3) is 0.400. The Hall–Kier alpha value is -1.12. The molecule has 1 aliphatic heterocycles. The van der Waals surface area contributed by atoms with Gasteiger partial charge in [-0.1, -0.05) is 50.5 Å². The van der Waals surface area contributed by atoms with Gasteiger partial charge in [0.15, 0.2) is 0 Å². The fourth-order valence-corrected chi connectivity index (χ4v) is 5.63. The summed E-state index contributed by atoms with van der Waals surface area (Å²) in [5.74, 6) is 0. The van der Waals surface area contributed by atoms with Gasteiger partial charge in [0.05, 0.1) is 16.6 Å². The Bertz CT molecular complexity index is 883. The largest absolute Gasteiger partial charge is 0.306 e. The quantitative estimate of drug-likeness (QED) is 0.478. The molecular formula is C20H25IN2O2S. The third kappa shape index (κ3) is 3.77. The molecule has 0 saturated carbocycles. The van der Waals surface area contributed by atoms with E-state index in [2.05, 4.69) is 34.8 Å². The molecular weight excluding hydrogens is 459 g/mol. The van der Waals surface area contributed by atoms with Gasteiger partial charge in [0.25, 0.3) is 10.0 Å². The number of unbranched alkanes of at least 4 members (excludes halogenated alkanes) is 3. The maximum absolute atomic E-state index is 13.2. The maximum Gasteiger partial charge on any atom is 0.264 e. The lowest BCUT2D eigenvalue weighted by Gasteiger charge is -2.22. The summed E-state index contributed by atoms with van der Waals surface area (Å²) in [4.78, 5) is 0.397. The van der Waals surface area contributed by atoms with E-state index >= 15 is 0 Å². The molecule has 1 N–H and O–H groups in total. The molecule has 140 valence electrons. The SMILES string of the molecule is CCCCCCNC1c2ccccc2N(C)S(=O)(=O)c2cc(I)ccc21. The number of rotatable bonds is 6. The molecule has 1 unspecified atom stereocenters. The number of sulfonamides is 1. The highest BCUT2D eigenvalue weighted by Crippen LogP contribution is 2.40. The second kappa shape index (κ2) is 8.27. The Morgan fingerprint density at radius 2 is 1.85 bits per heavy atom. The van der Waals surface area contributed by atoms with Crippen molar-refractivity contribution >= 4 is 38.3 Å². The van der Waals surface area contributed by atoms with Crippen LogP contribution in [0, 0.1) is 3.57 Å². The van der Waals surface area contributed by atoms with Crippen LogP contribution in [0.25, 0.3) is 0 Å². The predicted octanol–water partition coefficient (Wildman–Crippen LogP) is 4.69. The molecule has 0 spiro atoms. The Kier molecular flexibility index (Phi) is 6.25. The molecule has 4 nitrogen and oxygen atoms in total. The highest BCUT2D eigenvalue weighted by Gasteiger charge is 2.34.